The number of ether oxygens (including phenoxy) is 1. The number of thiazole rings is 1. The molecule has 7 atom stereocenters. The second-order valence-electron chi connectivity index (χ2n) is 12.4. The van der Waals surface area contributed by atoms with Crippen LogP contribution in [0.25, 0.3) is 0 Å². The smallest absolute Gasteiger partial charge is 0.418 e. The lowest BCUT2D eigenvalue weighted by atomic mass is 9.68. The summed E-state index contributed by atoms with van der Waals surface area (Å²) in [6.45, 7) is -0.285. The number of alkyl halides is 3. The Labute approximate surface area is 288 Å². The van der Waals surface area contributed by atoms with Crippen LogP contribution >= 0.6 is 39.0 Å². The summed E-state index contributed by atoms with van der Waals surface area (Å²) in [7, 11) is 0. The Kier molecular flexibility index (Phi) is 7.60. The molecule has 1 saturated heterocycles. The highest BCUT2D eigenvalue weighted by molar-refractivity contribution is 9.10. The topological polar surface area (TPSA) is 109 Å². The van der Waals surface area contributed by atoms with Crippen LogP contribution < -0.4 is 19.8 Å². The van der Waals surface area contributed by atoms with E-state index in [1.165, 1.54) is 30.0 Å². The molecule has 0 radical (unpaired) electrons. The molecular formula is C34H25BrF3N3O5S2. The van der Waals surface area contributed by atoms with Crippen LogP contribution in [0.15, 0.2) is 87.1 Å². The highest BCUT2D eigenvalue weighted by Crippen LogP contribution is 2.69. The average molecular weight is 757 g/mol. The number of para-hydroxylation sites is 2. The first-order chi connectivity index (χ1) is 23.0. The third kappa shape index (κ3) is 5.02. The number of carbonyl (C=O) groups excluding carboxylic acids is 3. The minimum Gasteiger partial charge on any atom is -0.483 e. The largest absolute Gasteiger partial charge is 0.483 e. The van der Waals surface area contributed by atoms with Crippen molar-refractivity contribution in [2.24, 2.45) is 29.6 Å². The van der Waals surface area contributed by atoms with Gasteiger partial charge in [-0.15, -0.1) is 11.8 Å². The zero-order chi connectivity index (χ0) is 33.5. The molecule has 8 rings (SSSR count). The lowest BCUT2D eigenvalue weighted by molar-refractivity contribution is -0.137. The van der Waals surface area contributed by atoms with Gasteiger partial charge in [-0.1, -0.05) is 57.6 Å². The predicted molar refractivity (Wildman–Crippen MR) is 177 cm³/mol. The van der Waals surface area contributed by atoms with Gasteiger partial charge in [0.15, 0.2) is 6.61 Å². The number of nitrogens with one attached hydrogen (secondary N) is 2. The van der Waals surface area contributed by atoms with Gasteiger partial charge in [0.2, 0.25) is 11.8 Å². The lowest BCUT2D eigenvalue weighted by Gasteiger charge is -2.43. The molecule has 4 aliphatic rings. The minimum atomic E-state index is -4.75. The van der Waals surface area contributed by atoms with E-state index in [-0.39, 0.29) is 40.4 Å². The number of aromatic nitrogens is 1. The van der Waals surface area contributed by atoms with Gasteiger partial charge in [0, 0.05) is 31.8 Å². The van der Waals surface area contributed by atoms with E-state index in [1.807, 2.05) is 12.1 Å². The molecule has 3 heterocycles. The van der Waals surface area contributed by atoms with E-state index in [9.17, 15) is 32.3 Å². The van der Waals surface area contributed by atoms with E-state index < -0.39 is 47.0 Å². The molecule has 1 aromatic heterocycles. The van der Waals surface area contributed by atoms with Crippen molar-refractivity contribution in [3.05, 3.63) is 103 Å². The Morgan fingerprint density at radius 1 is 0.979 bits per heavy atom. The van der Waals surface area contributed by atoms with E-state index in [0.717, 1.165) is 31.7 Å². The number of anilines is 2. The maximum absolute atomic E-state index is 14.1. The fraction of sp³-hybridized carbons (Fsp3) is 0.294. The summed E-state index contributed by atoms with van der Waals surface area (Å²) < 4.78 is 48.9. The number of hydrogen-bond donors (Lipinski definition) is 2. The van der Waals surface area contributed by atoms with Crippen LogP contribution in [0.4, 0.5) is 24.5 Å². The van der Waals surface area contributed by atoms with Gasteiger partial charge in [-0.2, -0.15) is 13.2 Å². The predicted octanol–water partition coefficient (Wildman–Crippen LogP) is 6.91. The zero-order valence-corrected chi connectivity index (χ0v) is 27.9. The van der Waals surface area contributed by atoms with Crippen molar-refractivity contribution in [1.29, 1.82) is 0 Å². The third-order valence-corrected chi connectivity index (χ3v) is 13.0. The molecule has 0 spiro atoms. The Morgan fingerprint density at radius 3 is 2.44 bits per heavy atom. The highest BCUT2D eigenvalue weighted by Gasteiger charge is 2.70. The van der Waals surface area contributed by atoms with Gasteiger partial charge in [-0.25, -0.2) is 4.90 Å². The van der Waals surface area contributed by atoms with Crippen LogP contribution in [-0.2, 0) is 20.6 Å². The fourth-order valence-corrected chi connectivity index (χ4v) is 11.5. The summed E-state index contributed by atoms with van der Waals surface area (Å²) in [4.78, 5) is 57.8. The summed E-state index contributed by atoms with van der Waals surface area (Å²) in [6, 6.07) is 19.1. The number of hydrogen-bond acceptors (Lipinski definition) is 7. The summed E-state index contributed by atoms with van der Waals surface area (Å²) in [5, 5.41) is 3.28. The van der Waals surface area contributed by atoms with Gasteiger partial charge in [-0.3, -0.25) is 19.2 Å². The van der Waals surface area contributed by atoms with Crippen LogP contribution in [0, 0.1) is 29.6 Å². The number of H-pyrrole nitrogens is 1. The number of halogens is 4. The minimum absolute atomic E-state index is 0.193. The van der Waals surface area contributed by atoms with Crippen LogP contribution in [0.2, 0.25) is 0 Å². The molecule has 3 amide bonds. The number of aromatic amines is 1. The van der Waals surface area contributed by atoms with Gasteiger partial charge in [0.1, 0.15) is 5.75 Å². The summed E-state index contributed by atoms with van der Waals surface area (Å²) in [5.41, 5.74) is -0.143. The first kappa shape index (κ1) is 31.4. The molecular weight excluding hydrogens is 731 g/mol. The van der Waals surface area contributed by atoms with E-state index in [0.29, 0.717) is 28.4 Å². The SMILES string of the molecule is O=C(COc1ccc(Br)cc1[C@H]1c2sc(=O)[nH]c2SC2C3CC(C4C(=O)N(c5ccccc5C(F)(F)F)C(=O)C34)C21)Nc1ccccc1. The molecule has 6 unspecified atom stereocenters. The van der Waals surface area contributed by atoms with Crippen molar-refractivity contribution in [2.75, 3.05) is 16.8 Å². The highest BCUT2D eigenvalue weighted by atomic mass is 79.9. The van der Waals surface area contributed by atoms with Gasteiger partial charge >= 0.3 is 11.0 Å². The number of imide groups is 1. The molecule has 2 aliphatic carbocycles. The zero-order valence-electron chi connectivity index (χ0n) is 24.7. The Balaban J connectivity index is 1.16. The number of benzene rings is 3. The second-order valence-corrected chi connectivity index (χ2v) is 15.5. The van der Waals surface area contributed by atoms with Crippen molar-refractivity contribution >= 4 is 68.1 Å². The maximum Gasteiger partial charge on any atom is 0.418 e. The van der Waals surface area contributed by atoms with Crippen LogP contribution in [0.5, 0.6) is 5.75 Å². The normalized spacial score (nSPS) is 27.1. The summed E-state index contributed by atoms with van der Waals surface area (Å²) in [6.07, 6.45) is -4.19. The first-order valence-corrected chi connectivity index (χ1v) is 17.7. The van der Waals surface area contributed by atoms with Crippen LogP contribution in [-0.4, -0.2) is 34.6 Å². The quantitative estimate of drug-likeness (QED) is 0.207. The Morgan fingerprint density at radius 2 is 1.69 bits per heavy atom. The third-order valence-electron chi connectivity index (χ3n) is 9.90. The average Bonchev–Trinajstić information content (AvgIpc) is 3.79. The molecule has 246 valence electrons. The number of fused-ring (bicyclic) bond motifs is 9. The molecule has 2 aliphatic heterocycles. The van der Waals surface area contributed by atoms with Gasteiger partial charge in [0.05, 0.1) is 28.1 Å². The van der Waals surface area contributed by atoms with Crippen molar-refractivity contribution < 1.29 is 32.3 Å². The summed E-state index contributed by atoms with van der Waals surface area (Å²) >= 11 is 6.10. The maximum atomic E-state index is 14.1. The molecule has 8 nitrogen and oxygen atoms in total. The first-order valence-electron chi connectivity index (χ1n) is 15.2. The molecule has 2 saturated carbocycles. The van der Waals surface area contributed by atoms with Gasteiger partial charge in [0.25, 0.3) is 5.91 Å². The summed E-state index contributed by atoms with van der Waals surface area (Å²) in [5.74, 6) is -4.00. The van der Waals surface area contributed by atoms with Crippen LogP contribution in [0.1, 0.15) is 28.3 Å². The Hall–Kier alpha value is -3.88. The van der Waals surface area contributed by atoms with E-state index in [1.54, 1.807) is 36.4 Å². The van der Waals surface area contributed by atoms with Gasteiger partial charge < -0.3 is 15.0 Å². The Bertz CT molecular complexity index is 2040. The molecule has 2 N–H and O–H groups in total. The van der Waals surface area contributed by atoms with Crippen molar-refractivity contribution in [3.8, 4) is 5.75 Å². The molecule has 48 heavy (non-hydrogen) atoms. The van der Waals surface area contributed by atoms with Crippen molar-refractivity contribution in [2.45, 2.75) is 28.8 Å². The number of carbonyl (C=O) groups is 3. The van der Waals surface area contributed by atoms with Crippen molar-refractivity contribution in [1.82, 2.24) is 4.98 Å². The monoisotopic (exact) mass is 755 g/mol. The number of amides is 3. The fourth-order valence-electron chi connectivity index (χ4n) is 8.27. The second kappa shape index (κ2) is 11.6. The van der Waals surface area contributed by atoms with E-state index >= 15 is 0 Å². The molecule has 2 bridgehead atoms. The number of rotatable bonds is 6. The molecule has 3 aromatic carbocycles. The number of thioether (sulfide) groups is 1. The molecule has 14 heteroatoms. The van der Waals surface area contributed by atoms with E-state index in [4.69, 9.17) is 4.74 Å². The lowest BCUT2D eigenvalue weighted by Crippen LogP contribution is -2.42. The molecule has 3 fully saturated rings. The van der Waals surface area contributed by atoms with Crippen molar-refractivity contribution in [3.63, 3.8) is 0 Å². The molecule has 4 aromatic rings. The van der Waals surface area contributed by atoms with Gasteiger partial charge in [-0.05, 0) is 66.6 Å². The standard InChI is InChI=1S/C34H25BrF3N3O5S2/c35-15-10-11-22(46-14-23(42)39-16-6-2-1-3-7-16)17(12-15)24-25-18-13-19(28(25)47-30-29(24)48-33(45)40-30)27-26(18)31(43)41(32(27)44)21-9-5-4-8-20(21)34(36,37)38/h1-12,18-19,24-28H,13-14H2,(H,39,42)(H,40,45)/t18?,19?,24-,25?,26?,27?,28?/m1/s1. The number of nitrogens with zero attached hydrogens (tertiary/aromatic N) is 1. The van der Waals surface area contributed by atoms with Crippen LogP contribution in [0.3, 0.4) is 0 Å². The van der Waals surface area contributed by atoms with E-state index in [2.05, 4.69) is 26.2 Å².